The lowest BCUT2D eigenvalue weighted by atomic mass is 9.90. The van der Waals surface area contributed by atoms with Crippen molar-refractivity contribution in [2.24, 2.45) is 10.8 Å². The molecule has 5 aromatic carbocycles. The van der Waals surface area contributed by atoms with Crippen molar-refractivity contribution >= 4 is 80.2 Å². The molecule has 0 aliphatic heterocycles. The first-order chi connectivity index (χ1) is 67.2. The third-order valence-corrected chi connectivity index (χ3v) is 37.2. The number of ether oxygens (including phenoxy) is 8. The standard InChI is InChI=1S/C98H154N6O30Si5/c1-17-119-135(120-18-2,121-19-3)64-40-38-49-88(106)113-72-97(75-116-94(109)99-61-42-66-137(125-23-7,126-24-8)127-25-9,74-115-93(108)78(16)134-85-59-60-86(87(105)69-85)92-103-90(83-55-51-81(52-56-83)79-45-34-32-35-46-79)102-91(104-92)84-57-53-82(54-58-84)80-47-36-33-37-48-80)70-112-71-98(73-114-89(107)50-39-41-65-136(122-20-4,123-21-5)124-22-6,76-117-95(110)100-62-43-67-138(128-26-10,129-27-11)130-28-12)77-118-96(111)101-63-44-68-139(131-29-13,132-30-14)133-31-15/h32-37,45-48,51-60,69,78,105H,17-31,38-44,49-50,61-68,70-77H2,1-16H3,(H,99,109)(H,100,110)(H,101,111). The Bertz CT molecular complexity index is 4120. The van der Waals surface area contributed by atoms with Crippen LogP contribution in [0, 0.1) is 10.8 Å². The number of phenolic OH excluding ortho intramolecular Hbond substituents is 1. The molecular weight excluding hydrogens is 1880 g/mol. The second kappa shape index (κ2) is 65.5. The maximum atomic E-state index is 15.0. The summed E-state index contributed by atoms with van der Waals surface area (Å²) in [6.45, 7) is 28.8. The molecule has 139 heavy (non-hydrogen) atoms. The Hall–Kier alpha value is -8.63. The molecule has 2 unspecified atom stereocenters. The molecule has 0 fully saturated rings. The van der Waals surface area contributed by atoms with Gasteiger partial charge >= 0.3 is 80.2 Å². The molecule has 0 bridgehead atoms. The average Bonchev–Trinajstić information content (AvgIpc) is 0.785. The number of amides is 3. The van der Waals surface area contributed by atoms with E-state index in [4.69, 9.17) is 119 Å². The number of esters is 3. The fraction of sp³-hybridized carbons (Fsp3) is 0.602. The van der Waals surface area contributed by atoms with Gasteiger partial charge in [0.15, 0.2) is 23.6 Å². The highest BCUT2D eigenvalue weighted by molar-refractivity contribution is 6.62. The van der Waals surface area contributed by atoms with E-state index in [0.717, 1.165) is 22.3 Å². The smallest absolute Gasteiger partial charge is 0.500 e. The first kappa shape index (κ1) is 119. The summed E-state index contributed by atoms with van der Waals surface area (Å²) in [6, 6.07) is 41.7. The summed E-state index contributed by atoms with van der Waals surface area (Å²) in [4.78, 5) is 102. The van der Waals surface area contributed by atoms with E-state index in [2.05, 4.69) is 16.0 Å². The van der Waals surface area contributed by atoms with E-state index in [1.54, 1.807) is 6.07 Å². The highest BCUT2D eigenvalue weighted by atomic mass is 28.4. The molecule has 4 N–H and O–H groups in total. The number of benzene rings is 5. The van der Waals surface area contributed by atoms with Gasteiger partial charge in [0, 0.05) is 179 Å². The number of carbonyl (C=O) groups is 6. The Kier molecular flexibility index (Phi) is 56.1. The van der Waals surface area contributed by atoms with Crippen LogP contribution in [0.4, 0.5) is 14.4 Å². The number of unbranched alkanes of at least 4 members (excludes halogenated alkanes) is 2. The van der Waals surface area contributed by atoms with Crippen LogP contribution in [-0.4, -0.2) is 278 Å². The van der Waals surface area contributed by atoms with Gasteiger partial charge in [-0.15, -0.1) is 0 Å². The molecule has 0 saturated heterocycles. The van der Waals surface area contributed by atoms with Crippen LogP contribution in [0.25, 0.3) is 56.4 Å². The van der Waals surface area contributed by atoms with Gasteiger partial charge in [-0.3, -0.25) is 9.59 Å². The minimum absolute atomic E-state index is 0.0168. The lowest BCUT2D eigenvalue weighted by Crippen LogP contribution is -2.49. The SMILES string of the molecule is CCO[Si](CCCCC(=O)OCC(COCC(COC(=O)CCCC[Si](OCC)(OCC)OCC)(COC(=O)NCCC[Si](OCC)(OCC)OCC)COC(=O)C(C)Oc1ccc(-c2nc(-c3ccc(-c4ccccc4)cc3)nc(-c3ccc(-c4ccccc4)cc3)n2)c(O)c1)(COC(=O)NCCC[Si](OCC)(OCC)OCC)COC(=O)NCCC[Si](OCC)(OCC)OCC)(OCC)OCC. The van der Waals surface area contributed by atoms with Crippen molar-refractivity contribution in [3.63, 3.8) is 0 Å². The van der Waals surface area contributed by atoms with Crippen LogP contribution in [-0.2, 0) is 114 Å². The maximum absolute atomic E-state index is 15.0. The number of nitrogens with one attached hydrogen (secondary N) is 3. The summed E-state index contributed by atoms with van der Waals surface area (Å²) in [5.41, 5.74) is 1.83. The lowest BCUT2D eigenvalue weighted by Gasteiger charge is -2.35. The van der Waals surface area contributed by atoms with Crippen LogP contribution >= 0.6 is 0 Å². The summed E-state index contributed by atoms with van der Waals surface area (Å²) < 4.78 is 142. The summed E-state index contributed by atoms with van der Waals surface area (Å²) in [5.74, 6) is -1.93. The highest BCUT2D eigenvalue weighted by Crippen LogP contribution is 2.37. The fourth-order valence-electron chi connectivity index (χ4n) is 15.1. The number of alkyl carbamates (subject to hydrolysis) is 3. The van der Waals surface area contributed by atoms with Gasteiger partial charge in [-0.25, -0.2) is 34.1 Å². The zero-order valence-electron chi connectivity index (χ0n) is 84.6. The van der Waals surface area contributed by atoms with Crippen LogP contribution in [0.2, 0.25) is 30.2 Å². The maximum Gasteiger partial charge on any atom is 0.500 e. The number of nitrogens with zero attached hydrogens (tertiary/aromatic N) is 3. The molecule has 0 radical (unpaired) electrons. The third-order valence-electron chi connectivity index (χ3n) is 21.4. The number of hydrogen-bond donors (Lipinski definition) is 4. The van der Waals surface area contributed by atoms with Crippen LogP contribution in [0.5, 0.6) is 11.5 Å². The van der Waals surface area contributed by atoms with Gasteiger partial charge in [-0.1, -0.05) is 109 Å². The van der Waals surface area contributed by atoms with E-state index >= 15 is 0 Å². The molecular formula is C98H154N6O30Si5. The number of rotatable bonds is 76. The van der Waals surface area contributed by atoms with E-state index in [1.165, 1.54) is 19.1 Å². The van der Waals surface area contributed by atoms with Crippen molar-refractivity contribution in [2.75, 3.05) is 172 Å². The van der Waals surface area contributed by atoms with Crippen molar-refractivity contribution in [3.05, 3.63) is 127 Å². The zero-order chi connectivity index (χ0) is 101. The Morgan fingerprint density at radius 2 is 0.576 bits per heavy atom. The second-order valence-corrected chi connectivity index (χ2v) is 45.9. The van der Waals surface area contributed by atoms with Gasteiger partial charge in [0.2, 0.25) is 0 Å². The van der Waals surface area contributed by atoms with Gasteiger partial charge in [-0.2, -0.15) is 0 Å². The van der Waals surface area contributed by atoms with Crippen LogP contribution in [0.3, 0.4) is 0 Å². The summed E-state index contributed by atoms with van der Waals surface area (Å²) >= 11 is 0. The number of hydrogen-bond acceptors (Lipinski definition) is 33. The predicted molar refractivity (Wildman–Crippen MR) is 534 cm³/mol. The molecule has 3 amide bonds. The predicted octanol–water partition coefficient (Wildman–Crippen LogP) is 17.2. The zero-order valence-corrected chi connectivity index (χ0v) is 89.6. The lowest BCUT2D eigenvalue weighted by molar-refractivity contribution is -0.168. The number of aromatic nitrogens is 3. The molecule has 0 spiro atoms. The Balaban J connectivity index is 1.45. The number of carbonyl (C=O) groups excluding carboxylic acids is 6. The van der Waals surface area contributed by atoms with Crippen molar-refractivity contribution in [1.29, 1.82) is 0 Å². The molecule has 1 aromatic heterocycles. The van der Waals surface area contributed by atoms with E-state index in [0.29, 0.717) is 191 Å². The number of aromatic hydroxyl groups is 1. The molecule has 6 aromatic rings. The molecule has 0 aliphatic carbocycles. The molecule has 2 atom stereocenters. The number of phenols is 1. The molecule has 6 rings (SSSR count). The Labute approximate surface area is 827 Å². The van der Waals surface area contributed by atoms with Gasteiger partial charge < -0.3 is 125 Å². The topological polar surface area (TPSA) is 410 Å². The van der Waals surface area contributed by atoms with Crippen LogP contribution < -0.4 is 20.7 Å². The first-order valence-corrected chi connectivity index (χ1v) is 58.9. The fourth-order valence-corrected chi connectivity index (χ4v) is 28.3. The van der Waals surface area contributed by atoms with Crippen molar-refractivity contribution < 1.29 is 138 Å². The second-order valence-electron chi connectivity index (χ2n) is 32.2. The molecule has 36 nitrogen and oxygen atoms in total. The van der Waals surface area contributed by atoms with Crippen LogP contribution in [0.15, 0.2) is 127 Å². The monoisotopic (exact) mass is 2030 g/mol. The largest absolute Gasteiger partial charge is 0.507 e. The van der Waals surface area contributed by atoms with Gasteiger partial charge in [-0.05, 0) is 190 Å². The molecule has 0 aliphatic rings. The van der Waals surface area contributed by atoms with Gasteiger partial charge in [0.1, 0.15) is 51.1 Å². The minimum Gasteiger partial charge on any atom is -0.507 e. The summed E-state index contributed by atoms with van der Waals surface area (Å²) in [6.07, 6.45) is -2.12. The van der Waals surface area contributed by atoms with Gasteiger partial charge in [0.25, 0.3) is 0 Å². The van der Waals surface area contributed by atoms with E-state index in [1.807, 2.05) is 213 Å². The first-order valence-electron chi connectivity index (χ1n) is 49.2. The van der Waals surface area contributed by atoms with Crippen molar-refractivity contribution in [1.82, 2.24) is 30.9 Å². The van der Waals surface area contributed by atoms with Crippen LogP contribution in [0.1, 0.15) is 169 Å². The molecule has 41 heteroatoms. The van der Waals surface area contributed by atoms with E-state index in [9.17, 15) is 33.9 Å². The van der Waals surface area contributed by atoms with E-state index in [-0.39, 0.29) is 61.8 Å². The molecule has 776 valence electrons. The molecule has 0 saturated carbocycles. The summed E-state index contributed by atoms with van der Waals surface area (Å²) in [7, 11) is -15.9. The minimum atomic E-state index is -3.20. The summed E-state index contributed by atoms with van der Waals surface area (Å²) in [5, 5.41) is 20.5. The third kappa shape index (κ3) is 41.7. The normalized spacial score (nSPS) is 12.7. The Morgan fingerprint density at radius 1 is 0.309 bits per heavy atom. The highest BCUT2D eigenvalue weighted by Gasteiger charge is 2.47. The van der Waals surface area contributed by atoms with Gasteiger partial charge in [0.05, 0.1) is 29.6 Å². The van der Waals surface area contributed by atoms with E-state index < -0.39 is 150 Å². The quantitative estimate of drug-likeness (QED) is 0.0119. The van der Waals surface area contributed by atoms with Crippen molar-refractivity contribution in [3.8, 4) is 67.9 Å². The average molecular weight is 2040 g/mol. The Morgan fingerprint density at radius 3 is 0.871 bits per heavy atom. The van der Waals surface area contributed by atoms with Crippen molar-refractivity contribution in [2.45, 2.75) is 205 Å². The molecule has 1 heterocycles.